The summed E-state index contributed by atoms with van der Waals surface area (Å²) in [6.07, 6.45) is 0. The van der Waals surface area contributed by atoms with E-state index in [9.17, 15) is 62.4 Å². The van der Waals surface area contributed by atoms with Crippen molar-refractivity contribution in [3.8, 4) is 0 Å². The molecule has 42 heavy (non-hydrogen) atoms. The Bertz CT molecular complexity index is 1560. The van der Waals surface area contributed by atoms with E-state index in [0.29, 0.717) is 36.4 Å². The van der Waals surface area contributed by atoms with Gasteiger partial charge in [-0.3, -0.25) is 19.2 Å². The number of carbonyl (C=O) groups excluding carboxylic acids is 4. The molecule has 0 aliphatic carbocycles. The summed E-state index contributed by atoms with van der Waals surface area (Å²) in [6, 6.07) is 2.81. The molecule has 0 aliphatic heterocycles. The Labute approximate surface area is 242 Å². The smallest absolute Gasteiger partial charge is 0.325 e. The molecule has 2 aromatic rings. The fourth-order valence-electron chi connectivity index (χ4n) is 2.96. The molecule has 12 nitrogen and oxygen atoms in total. The van der Waals surface area contributed by atoms with Crippen LogP contribution < -0.4 is 19.2 Å². The van der Waals surface area contributed by atoms with Crippen LogP contribution in [0.15, 0.2) is 36.4 Å². The minimum atomic E-state index is -7.00. The van der Waals surface area contributed by atoms with Crippen molar-refractivity contribution in [1.29, 1.82) is 0 Å². The van der Waals surface area contributed by atoms with Crippen molar-refractivity contribution in [1.82, 2.24) is 0 Å². The number of amides is 4. The highest BCUT2D eigenvalue weighted by Gasteiger charge is 2.58. The lowest BCUT2D eigenvalue weighted by Crippen LogP contribution is -2.54. The molecule has 0 heterocycles. The van der Waals surface area contributed by atoms with Gasteiger partial charge >= 0.3 is 42.9 Å². The number of alkyl halides is 6. The normalized spacial score (nSPS) is 12.3. The van der Waals surface area contributed by atoms with E-state index in [2.05, 4.69) is 0 Å². The molecule has 0 fully saturated rings. The third kappa shape index (κ3) is 7.05. The minimum absolute atomic E-state index is 0.345. The maximum Gasteiger partial charge on any atom is 0.517 e. The summed E-state index contributed by atoms with van der Waals surface area (Å²) < 4.78 is 129. The molecule has 22 heteroatoms. The molecular weight excluding hydrogens is 673 g/mol. The van der Waals surface area contributed by atoms with E-state index in [4.69, 9.17) is 23.2 Å². The maximum atomic E-state index is 13.6. The van der Waals surface area contributed by atoms with Crippen LogP contribution in [0.5, 0.6) is 0 Å². The number of anilines is 4. The number of rotatable bonds is 6. The summed E-state index contributed by atoms with van der Waals surface area (Å²) in [6.45, 7) is 1.78. The van der Waals surface area contributed by atoms with E-state index in [0.717, 1.165) is 13.8 Å². The molecule has 2 N–H and O–H groups in total. The van der Waals surface area contributed by atoms with Gasteiger partial charge in [0.15, 0.2) is 0 Å². The number of sulfonamides is 2. The SMILES string of the molecule is CC(=O)Nc1cc(N(C(=O)C(=O)N(c2ccc(Cl)c(NC(C)=O)c2)S(=O)(=O)C(F)(F)F)S(=O)(=O)C(F)(F)F)ccc1Cl. The summed E-state index contributed by atoms with van der Waals surface area (Å²) in [5.74, 6) is -7.73. The zero-order valence-corrected chi connectivity index (χ0v) is 23.6. The Morgan fingerprint density at radius 3 is 1.17 bits per heavy atom. The van der Waals surface area contributed by atoms with Crippen molar-refractivity contribution in [2.45, 2.75) is 24.9 Å². The molecule has 0 aliphatic rings. The van der Waals surface area contributed by atoms with Crippen LogP contribution in [0.1, 0.15) is 13.8 Å². The maximum absolute atomic E-state index is 13.6. The molecule has 0 aromatic heterocycles. The molecule has 0 unspecified atom stereocenters. The predicted octanol–water partition coefficient (Wildman–Crippen LogP) is 3.98. The molecule has 2 aromatic carbocycles. The second-order valence-corrected chi connectivity index (χ2v) is 12.1. The van der Waals surface area contributed by atoms with Crippen molar-refractivity contribution in [2.24, 2.45) is 0 Å². The quantitative estimate of drug-likeness (QED) is 0.340. The number of nitrogens with zero attached hydrogens (tertiary/aromatic N) is 2. The second-order valence-electron chi connectivity index (χ2n) is 7.73. The Morgan fingerprint density at radius 1 is 0.643 bits per heavy atom. The average Bonchev–Trinajstić information content (AvgIpc) is 2.81. The van der Waals surface area contributed by atoms with Gasteiger partial charge in [0.1, 0.15) is 0 Å². The standard InChI is InChI=1S/C20H14Cl2F6N4O8S2/c1-9(33)29-15-7-11(3-5-13(15)21)31(41(37,38)19(23,24)25)17(35)18(36)32(42(39,40)20(26,27)28)12-4-6-14(22)16(8-12)30-10(2)34/h3-8H,1-2H3,(H,29,33)(H,30,34). The van der Waals surface area contributed by atoms with Gasteiger partial charge in [-0.1, -0.05) is 23.2 Å². The lowest BCUT2D eigenvalue weighted by Gasteiger charge is -2.28. The van der Waals surface area contributed by atoms with Gasteiger partial charge < -0.3 is 10.6 Å². The summed E-state index contributed by atoms with van der Waals surface area (Å²) in [5, 5.41) is 3.10. The molecule has 0 spiro atoms. The summed E-state index contributed by atoms with van der Waals surface area (Å²) >= 11 is 11.6. The van der Waals surface area contributed by atoms with E-state index in [1.807, 2.05) is 10.6 Å². The lowest BCUT2D eigenvalue weighted by atomic mass is 10.2. The monoisotopic (exact) mass is 686 g/mol. The van der Waals surface area contributed by atoms with Crippen LogP contribution in [-0.4, -0.2) is 51.5 Å². The van der Waals surface area contributed by atoms with Gasteiger partial charge in [-0.2, -0.15) is 51.8 Å². The number of benzene rings is 2. The summed E-state index contributed by atoms with van der Waals surface area (Å²) in [7, 11) is -14.0. The van der Waals surface area contributed by atoms with Crippen molar-refractivity contribution in [3.05, 3.63) is 46.4 Å². The third-order valence-electron chi connectivity index (χ3n) is 4.61. The van der Waals surface area contributed by atoms with E-state index < -0.39 is 96.1 Å². The molecule has 0 radical (unpaired) electrons. The molecule has 0 atom stereocenters. The van der Waals surface area contributed by atoms with Crippen LogP contribution in [0.3, 0.4) is 0 Å². The fourth-order valence-corrected chi connectivity index (χ4v) is 5.08. The molecule has 0 saturated carbocycles. The molecule has 230 valence electrons. The highest BCUT2D eigenvalue weighted by molar-refractivity contribution is 7.95. The number of hydrogen-bond acceptors (Lipinski definition) is 8. The molecule has 0 saturated heterocycles. The highest BCUT2D eigenvalue weighted by Crippen LogP contribution is 2.38. The largest absolute Gasteiger partial charge is 0.517 e. The third-order valence-corrected chi connectivity index (χ3v) is 8.15. The lowest BCUT2D eigenvalue weighted by molar-refractivity contribution is -0.135. The Kier molecular flexibility index (Phi) is 9.83. The number of halogens is 8. The Hall–Kier alpha value is -3.62. The van der Waals surface area contributed by atoms with Gasteiger partial charge in [-0.05, 0) is 36.4 Å². The van der Waals surface area contributed by atoms with Gasteiger partial charge in [0.2, 0.25) is 11.8 Å². The molecule has 0 bridgehead atoms. The van der Waals surface area contributed by atoms with Crippen LogP contribution in [0, 0.1) is 0 Å². The first kappa shape index (κ1) is 34.6. The van der Waals surface area contributed by atoms with Gasteiger partial charge in [0.05, 0.1) is 32.8 Å². The van der Waals surface area contributed by atoms with Gasteiger partial charge in [-0.25, -0.2) is 0 Å². The summed E-state index contributed by atoms with van der Waals surface area (Å²) in [5.41, 5.74) is -16.8. The number of nitrogens with one attached hydrogen (secondary N) is 2. The van der Waals surface area contributed by atoms with Crippen molar-refractivity contribution in [3.63, 3.8) is 0 Å². The van der Waals surface area contributed by atoms with E-state index in [-0.39, 0.29) is 0 Å². The first-order chi connectivity index (χ1) is 18.9. The number of hydrogen-bond donors (Lipinski definition) is 2. The Morgan fingerprint density at radius 2 is 0.929 bits per heavy atom. The number of carbonyl (C=O) groups is 4. The zero-order valence-electron chi connectivity index (χ0n) is 20.5. The van der Waals surface area contributed by atoms with E-state index >= 15 is 0 Å². The highest BCUT2D eigenvalue weighted by atomic mass is 35.5. The van der Waals surface area contributed by atoms with Gasteiger partial charge in [0, 0.05) is 13.8 Å². The van der Waals surface area contributed by atoms with Crippen molar-refractivity contribution < 1.29 is 62.4 Å². The first-order valence-electron chi connectivity index (χ1n) is 10.4. The zero-order chi connectivity index (χ0) is 32.6. The molecule has 4 amide bonds. The predicted molar refractivity (Wildman–Crippen MR) is 136 cm³/mol. The van der Waals surface area contributed by atoms with Crippen LogP contribution in [0.2, 0.25) is 10.0 Å². The molecule has 2 rings (SSSR count). The fraction of sp³-hybridized carbons (Fsp3) is 0.200. The second kappa shape index (κ2) is 11.9. The topological polar surface area (TPSA) is 167 Å². The molecular formula is C20H14Cl2F6N4O8S2. The van der Waals surface area contributed by atoms with Crippen LogP contribution in [0.4, 0.5) is 49.1 Å². The van der Waals surface area contributed by atoms with Gasteiger partial charge in [-0.15, -0.1) is 0 Å². The van der Waals surface area contributed by atoms with Crippen LogP contribution in [0.25, 0.3) is 0 Å². The van der Waals surface area contributed by atoms with E-state index in [1.54, 1.807) is 0 Å². The van der Waals surface area contributed by atoms with Crippen molar-refractivity contribution >= 4 is 89.6 Å². The minimum Gasteiger partial charge on any atom is -0.325 e. The van der Waals surface area contributed by atoms with E-state index in [1.165, 1.54) is 0 Å². The van der Waals surface area contributed by atoms with Crippen molar-refractivity contribution in [2.75, 3.05) is 19.2 Å². The van der Waals surface area contributed by atoms with Gasteiger partial charge in [0.25, 0.3) is 0 Å². The van der Waals surface area contributed by atoms with Crippen LogP contribution in [-0.2, 0) is 39.2 Å². The summed E-state index contributed by atoms with van der Waals surface area (Å²) in [4.78, 5) is 49.0. The first-order valence-corrected chi connectivity index (χ1v) is 14.0. The average molecular weight is 687 g/mol. The van der Waals surface area contributed by atoms with Crippen LogP contribution >= 0.6 is 23.2 Å². The Balaban J connectivity index is 2.91.